The second-order valence-electron chi connectivity index (χ2n) is 2.84. The molecular weight excluding hydrogens is 126 g/mol. The van der Waals surface area contributed by atoms with Gasteiger partial charge in [-0.1, -0.05) is 19.1 Å². The lowest BCUT2D eigenvalue weighted by molar-refractivity contribution is 0.695. The summed E-state index contributed by atoms with van der Waals surface area (Å²) in [5.41, 5.74) is 2.26. The van der Waals surface area contributed by atoms with E-state index < -0.39 is 0 Å². The molecule has 0 saturated carbocycles. The molecule has 3 heteroatoms. The first-order valence-corrected chi connectivity index (χ1v) is 3.49. The first-order valence-electron chi connectivity index (χ1n) is 3.49. The fraction of sp³-hybridized carbons (Fsp3) is 0.714. The summed E-state index contributed by atoms with van der Waals surface area (Å²) in [5.74, 6) is 0.480. The minimum absolute atomic E-state index is 0.480. The molecule has 1 heterocycles. The molecule has 0 amide bonds. The average molecular weight is 139 g/mol. The summed E-state index contributed by atoms with van der Waals surface area (Å²) in [6.07, 6.45) is 0. The smallest absolute Gasteiger partial charge is 0.0881 e. The van der Waals surface area contributed by atoms with Gasteiger partial charge in [-0.15, -0.1) is 5.10 Å². The standard InChI is InChI=1S/C7H13N3/c1-5(2)7-6(3)10(4)9-8-7/h5H,1-4H3. The first kappa shape index (κ1) is 7.25. The van der Waals surface area contributed by atoms with Crippen LogP contribution < -0.4 is 0 Å². The Morgan fingerprint density at radius 1 is 1.40 bits per heavy atom. The van der Waals surface area contributed by atoms with Crippen molar-refractivity contribution in [1.29, 1.82) is 0 Å². The van der Waals surface area contributed by atoms with Crippen molar-refractivity contribution >= 4 is 0 Å². The van der Waals surface area contributed by atoms with E-state index in [0.717, 1.165) is 11.4 Å². The zero-order valence-corrected chi connectivity index (χ0v) is 6.92. The van der Waals surface area contributed by atoms with Crippen molar-refractivity contribution in [2.75, 3.05) is 0 Å². The number of aryl methyl sites for hydroxylation is 1. The highest BCUT2D eigenvalue weighted by Crippen LogP contribution is 2.13. The third-order valence-corrected chi connectivity index (χ3v) is 1.69. The monoisotopic (exact) mass is 139 g/mol. The van der Waals surface area contributed by atoms with Crippen LogP contribution in [0.4, 0.5) is 0 Å². The second kappa shape index (κ2) is 2.40. The number of hydrogen-bond donors (Lipinski definition) is 0. The van der Waals surface area contributed by atoms with Crippen molar-refractivity contribution < 1.29 is 0 Å². The first-order chi connectivity index (χ1) is 4.63. The van der Waals surface area contributed by atoms with E-state index in [1.54, 1.807) is 4.68 Å². The maximum Gasteiger partial charge on any atom is 0.0881 e. The van der Waals surface area contributed by atoms with Crippen LogP contribution in [0.2, 0.25) is 0 Å². The van der Waals surface area contributed by atoms with Gasteiger partial charge >= 0.3 is 0 Å². The molecule has 1 aromatic rings. The molecule has 0 aliphatic carbocycles. The van der Waals surface area contributed by atoms with Gasteiger partial charge in [0.05, 0.1) is 11.4 Å². The predicted octanol–water partition coefficient (Wildman–Crippen LogP) is 1.25. The number of rotatable bonds is 1. The van der Waals surface area contributed by atoms with E-state index in [1.807, 2.05) is 14.0 Å². The largest absolute Gasteiger partial charge is 0.252 e. The molecule has 0 aliphatic rings. The Labute approximate surface area is 61.1 Å². The molecule has 0 radical (unpaired) electrons. The number of nitrogens with zero attached hydrogens (tertiary/aromatic N) is 3. The molecule has 0 fully saturated rings. The molecule has 1 aromatic heterocycles. The maximum absolute atomic E-state index is 4.03. The Bertz CT molecular complexity index is 225. The minimum atomic E-state index is 0.480. The summed E-state index contributed by atoms with van der Waals surface area (Å²) in [5, 5.41) is 7.93. The van der Waals surface area contributed by atoms with Crippen molar-refractivity contribution in [1.82, 2.24) is 15.0 Å². The van der Waals surface area contributed by atoms with Crippen LogP contribution in [-0.4, -0.2) is 15.0 Å². The molecule has 0 aromatic carbocycles. The van der Waals surface area contributed by atoms with Crippen LogP contribution in [0.5, 0.6) is 0 Å². The van der Waals surface area contributed by atoms with E-state index in [1.165, 1.54) is 0 Å². The predicted molar refractivity (Wildman–Crippen MR) is 39.8 cm³/mol. The number of hydrogen-bond acceptors (Lipinski definition) is 2. The summed E-state index contributed by atoms with van der Waals surface area (Å²) in [6.45, 7) is 6.28. The van der Waals surface area contributed by atoms with Gasteiger partial charge in [-0.05, 0) is 12.8 Å². The Kier molecular flexibility index (Phi) is 1.74. The van der Waals surface area contributed by atoms with Gasteiger partial charge in [0.2, 0.25) is 0 Å². The Hall–Kier alpha value is -0.860. The second-order valence-corrected chi connectivity index (χ2v) is 2.84. The van der Waals surface area contributed by atoms with Gasteiger partial charge in [0.25, 0.3) is 0 Å². The Morgan fingerprint density at radius 2 is 2.00 bits per heavy atom. The highest BCUT2D eigenvalue weighted by molar-refractivity contribution is 5.11. The van der Waals surface area contributed by atoms with Gasteiger partial charge in [0, 0.05) is 7.05 Å². The van der Waals surface area contributed by atoms with Gasteiger partial charge in [0.15, 0.2) is 0 Å². The normalized spacial score (nSPS) is 10.9. The molecule has 3 nitrogen and oxygen atoms in total. The third kappa shape index (κ3) is 1.03. The SMILES string of the molecule is Cc1c(C(C)C)nnn1C. The van der Waals surface area contributed by atoms with Crippen LogP contribution in [0.15, 0.2) is 0 Å². The Morgan fingerprint density at radius 3 is 2.20 bits per heavy atom. The molecule has 0 aliphatic heterocycles. The molecule has 0 spiro atoms. The van der Waals surface area contributed by atoms with Crippen LogP contribution in [0.25, 0.3) is 0 Å². The van der Waals surface area contributed by atoms with Gasteiger partial charge < -0.3 is 0 Å². The van der Waals surface area contributed by atoms with Crippen LogP contribution >= 0.6 is 0 Å². The topological polar surface area (TPSA) is 30.7 Å². The van der Waals surface area contributed by atoms with Crippen molar-refractivity contribution in [2.24, 2.45) is 7.05 Å². The fourth-order valence-electron chi connectivity index (χ4n) is 0.954. The van der Waals surface area contributed by atoms with Gasteiger partial charge in [0.1, 0.15) is 0 Å². The lowest BCUT2D eigenvalue weighted by Gasteiger charge is -1.99. The molecule has 56 valence electrons. The van der Waals surface area contributed by atoms with Crippen molar-refractivity contribution in [3.63, 3.8) is 0 Å². The summed E-state index contributed by atoms with van der Waals surface area (Å²) in [6, 6.07) is 0. The molecular formula is C7H13N3. The zero-order chi connectivity index (χ0) is 7.72. The van der Waals surface area contributed by atoms with Crippen molar-refractivity contribution in [3.05, 3.63) is 11.4 Å². The average Bonchev–Trinajstić information content (AvgIpc) is 2.14. The molecule has 0 unspecified atom stereocenters. The fourth-order valence-corrected chi connectivity index (χ4v) is 0.954. The van der Waals surface area contributed by atoms with E-state index in [4.69, 9.17) is 0 Å². The summed E-state index contributed by atoms with van der Waals surface area (Å²) in [7, 11) is 1.91. The minimum Gasteiger partial charge on any atom is -0.252 e. The van der Waals surface area contributed by atoms with Gasteiger partial charge in [-0.25, -0.2) is 0 Å². The zero-order valence-electron chi connectivity index (χ0n) is 6.92. The van der Waals surface area contributed by atoms with Crippen molar-refractivity contribution in [3.8, 4) is 0 Å². The third-order valence-electron chi connectivity index (χ3n) is 1.69. The van der Waals surface area contributed by atoms with E-state index in [2.05, 4.69) is 24.2 Å². The quantitative estimate of drug-likeness (QED) is 0.586. The molecule has 0 N–H and O–H groups in total. The van der Waals surface area contributed by atoms with Crippen LogP contribution in [-0.2, 0) is 7.05 Å². The molecule has 10 heavy (non-hydrogen) atoms. The molecule has 0 saturated heterocycles. The van der Waals surface area contributed by atoms with Gasteiger partial charge in [-0.3, -0.25) is 4.68 Å². The maximum atomic E-state index is 4.03. The highest BCUT2D eigenvalue weighted by atomic mass is 15.4. The highest BCUT2D eigenvalue weighted by Gasteiger charge is 2.08. The lowest BCUT2D eigenvalue weighted by atomic mass is 10.1. The van der Waals surface area contributed by atoms with E-state index >= 15 is 0 Å². The summed E-state index contributed by atoms with van der Waals surface area (Å²) in [4.78, 5) is 0. The number of aromatic nitrogens is 3. The molecule has 1 rings (SSSR count). The van der Waals surface area contributed by atoms with Crippen molar-refractivity contribution in [2.45, 2.75) is 26.7 Å². The van der Waals surface area contributed by atoms with E-state index in [0.29, 0.717) is 5.92 Å². The van der Waals surface area contributed by atoms with Gasteiger partial charge in [-0.2, -0.15) is 0 Å². The summed E-state index contributed by atoms with van der Waals surface area (Å²) < 4.78 is 1.80. The lowest BCUT2D eigenvalue weighted by Crippen LogP contribution is -1.94. The van der Waals surface area contributed by atoms with Crippen LogP contribution in [0, 0.1) is 6.92 Å². The van der Waals surface area contributed by atoms with Crippen LogP contribution in [0.3, 0.4) is 0 Å². The molecule has 0 bridgehead atoms. The van der Waals surface area contributed by atoms with E-state index in [9.17, 15) is 0 Å². The molecule has 0 atom stereocenters. The van der Waals surface area contributed by atoms with Crippen LogP contribution in [0.1, 0.15) is 31.2 Å². The summed E-state index contributed by atoms with van der Waals surface area (Å²) >= 11 is 0. The van der Waals surface area contributed by atoms with E-state index in [-0.39, 0.29) is 0 Å². The Balaban J connectivity index is 3.05.